The summed E-state index contributed by atoms with van der Waals surface area (Å²) in [6.45, 7) is 3.17. The van der Waals surface area contributed by atoms with Gasteiger partial charge in [0.1, 0.15) is 0 Å². The van der Waals surface area contributed by atoms with Gasteiger partial charge in [-0.05, 0) is 38.3 Å². The van der Waals surface area contributed by atoms with Crippen molar-refractivity contribution in [3.63, 3.8) is 0 Å². The number of aliphatic hydroxyl groups is 1. The standard InChI is InChI=1S/C14H21NO/c1-11-5-7-12(8-6-11)14(16)10-13-4-2-3-9-15-13/h5-8,13-16H,2-4,9-10H2,1H3. The van der Waals surface area contributed by atoms with Gasteiger partial charge in [0.2, 0.25) is 0 Å². The lowest BCUT2D eigenvalue weighted by Gasteiger charge is -2.25. The highest BCUT2D eigenvalue weighted by molar-refractivity contribution is 5.23. The van der Waals surface area contributed by atoms with Gasteiger partial charge in [-0.2, -0.15) is 0 Å². The second-order valence-corrected chi connectivity index (χ2v) is 4.81. The van der Waals surface area contributed by atoms with E-state index in [0.29, 0.717) is 6.04 Å². The highest BCUT2D eigenvalue weighted by atomic mass is 16.3. The molecule has 2 heteroatoms. The van der Waals surface area contributed by atoms with Gasteiger partial charge in [-0.15, -0.1) is 0 Å². The van der Waals surface area contributed by atoms with Crippen LogP contribution in [0.4, 0.5) is 0 Å². The van der Waals surface area contributed by atoms with E-state index in [4.69, 9.17) is 0 Å². The molecular weight excluding hydrogens is 198 g/mol. The topological polar surface area (TPSA) is 32.3 Å². The molecule has 1 aromatic carbocycles. The third-order valence-electron chi connectivity index (χ3n) is 3.38. The van der Waals surface area contributed by atoms with Crippen LogP contribution in [-0.4, -0.2) is 17.7 Å². The summed E-state index contributed by atoms with van der Waals surface area (Å²) in [5.41, 5.74) is 2.28. The minimum atomic E-state index is -0.323. The van der Waals surface area contributed by atoms with Crippen LogP contribution in [0, 0.1) is 6.92 Å². The van der Waals surface area contributed by atoms with E-state index in [9.17, 15) is 5.11 Å². The molecule has 0 aliphatic carbocycles. The molecule has 0 amide bonds. The van der Waals surface area contributed by atoms with E-state index in [1.807, 2.05) is 12.1 Å². The van der Waals surface area contributed by atoms with Crippen molar-refractivity contribution in [2.24, 2.45) is 0 Å². The molecule has 1 heterocycles. The first-order valence-corrected chi connectivity index (χ1v) is 6.24. The third kappa shape index (κ3) is 3.06. The monoisotopic (exact) mass is 219 g/mol. The number of aliphatic hydroxyl groups excluding tert-OH is 1. The summed E-state index contributed by atoms with van der Waals surface area (Å²) in [6, 6.07) is 8.68. The van der Waals surface area contributed by atoms with Crippen LogP contribution in [0.25, 0.3) is 0 Å². The average molecular weight is 219 g/mol. The molecule has 16 heavy (non-hydrogen) atoms. The summed E-state index contributed by atoms with van der Waals surface area (Å²) in [6.07, 6.45) is 4.28. The molecule has 2 N–H and O–H groups in total. The Morgan fingerprint density at radius 2 is 2.06 bits per heavy atom. The molecule has 1 saturated heterocycles. The van der Waals surface area contributed by atoms with Crippen molar-refractivity contribution in [2.75, 3.05) is 6.54 Å². The molecule has 2 atom stereocenters. The second kappa shape index (κ2) is 5.46. The van der Waals surface area contributed by atoms with E-state index in [1.54, 1.807) is 0 Å². The molecule has 1 aliphatic heterocycles. The first-order chi connectivity index (χ1) is 7.75. The Morgan fingerprint density at radius 3 is 2.69 bits per heavy atom. The van der Waals surface area contributed by atoms with Crippen LogP contribution < -0.4 is 5.32 Å². The lowest BCUT2D eigenvalue weighted by Crippen LogP contribution is -2.35. The zero-order valence-corrected chi connectivity index (χ0v) is 9.95. The van der Waals surface area contributed by atoms with Crippen LogP contribution in [0.15, 0.2) is 24.3 Å². The molecular formula is C14H21NO. The van der Waals surface area contributed by atoms with Crippen molar-refractivity contribution in [3.05, 3.63) is 35.4 Å². The van der Waals surface area contributed by atoms with Gasteiger partial charge in [0.25, 0.3) is 0 Å². The van der Waals surface area contributed by atoms with E-state index in [1.165, 1.54) is 24.8 Å². The highest BCUT2D eigenvalue weighted by Crippen LogP contribution is 2.22. The van der Waals surface area contributed by atoms with Crippen LogP contribution in [0.3, 0.4) is 0 Å². The van der Waals surface area contributed by atoms with Crippen molar-refractivity contribution >= 4 is 0 Å². The maximum atomic E-state index is 10.1. The third-order valence-corrected chi connectivity index (χ3v) is 3.38. The first kappa shape index (κ1) is 11.6. The van der Waals surface area contributed by atoms with Crippen molar-refractivity contribution in [1.82, 2.24) is 5.32 Å². The summed E-state index contributed by atoms with van der Waals surface area (Å²) in [7, 11) is 0. The fraction of sp³-hybridized carbons (Fsp3) is 0.571. The average Bonchev–Trinajstić information content (AvgIpc) is 2.31. The predicted molar refractivity (Wildman–Crippen MR) is 66.4 cm³/mol. The van der Waals surface area contributed by atoms with Gasteiger partial charge in [-0.1, -0.05) is 36.2 Å². The zero-order chi connectivity index (χ0) is 11.4. The van der Waals surface area contributed by atoms with Crippen molar-refractivity contribution < 1.29 is 5.11 Å². The Hall–Kier alpha value is -0.860. The van der Waals surface area contributed by atoms with Gasteiger partial charge in [-0.3, -0.25) is 0 Å². The molecule has 2 unspecified atom stereocenters. The van der Waals surface area contributed by atoms with Crippen LogP contribution in [0.1, 0.15) is 42.9 Å². The number of hydrogen-bond acceptors (Lipinski definition) is 2. The number of nitrogens with one attached hydrogen (secondary N) is 1. The lowest BCUT2D eigenvalue weighted by atomic mass is 9.95. The smallest absolute Gasteiger partial charge is 0.0804 e. The van der Waals surface area contributed by atoms with Crippen LogP contribution in [0.5, 0.6) is 0 Å². The molecule has 2 rings (SSSR count). The van der Waals surface area contributed by atoms with E-state index in [2.05, 4.69) is 24.4 Å². The summed E-state index contributed by atoms with van der Waals surface area (Å²) in [5, 5.41) is 13.6. The highest BCUT2D eigenvalue weighted by Gasteiger charge is 2.17. The fourth-order valence-corrected chi connectivity index (χ4v) is 2.32. The molecule has 1 aliphatic rings. The number of rotatable bonds is 3. The van der Waals surface area contributed by atoms with Gasteiger partial charge < -0.3 is 10.4 Å². The molecule has 0 aromatic heterocycles. The van der Waals surface area contributed by atoms with Gasteiger partial charge in [0, 0.05) is 6.04 Å². The number of piperidine rings is 1. The van der Waals surface area contributed by atoms with Crippen LogP contribution in [0.2, 0.25) is 0 Å². The largest absolute Gasteiger partial charge is 0.388 e. The Balaban J connectivity index is 1.91. The number of aryl methyl sites for hydroxylation is 1. The Labute approximate surface area is 97.7 Å². The van der Waals surface area contributed by atoms with Gasteiger partial charge >= 0.3 is 0 Å². The van der Waals surface area contributed by atoms with Crippen molar-refractivity contribution in [2.45, 2.75) is 44.8 Å². The molecule has 1 fully saturated rings. The molecule has 0 saturated carbocycles. The predicted octanol–water partition coefficient (Wildman–Crippen LogP) is 2.56. The van der Waals surface area contributed by atoms with Crippen molar-refractivity contribution in [1.29, 1.82) is 0 Å². The Bertz CT molecular complexity index is 314. The zero-order valence-electron chi connectivity index (χ0n) is 9.95. The maximum Gasteiger partial charge on any atom is 0.0804 e. The van der Waals surface area contributed by atoms with E-state index in [-0.39, 0.29) is 6.10 Å². The van der Waals surface area contributed by atoms with Gasteiger partial charge in [-0.25, -0.2) is 0 Å². The Morgan fingerprint density at radius 1 is 1.31 bits per heavy atom. The summed E-state index contributed by atoms with van der Waals surface area (Å²) >= 11 is 0. The maximum absolute atomic E-state index is 10.1. The summed E-state index contributed by atoms with van der Waals surface area (Å²) < 4.78 is 0. The fourth-order valence-electron chi connectivity index (χ4n) is 2.32. The SMILES string of the molecule is Cc1ccc(C(O)CC2CCCCN2)cc1. The molecule has 0 radical (unpaired) electrons. The number of benzene rings is 1. The number of hydrogen-bond donors (Lipinski definition) is 2. The van der Waals surface area contributed by atoms with Gasteiger partial charge in [0.05, 0.1) is 6.10 Å². The van der Waals surface area contributed by atoms with E-state index < -0.39 is 0 Å². The minimum Gasteiger partial charge on any atom is -0.388 e. The molecule has 88 valence electrons. The molecule has 2 nitrogen and oxygen atoms in total. The van der Waals surface area contributed by atoms with Crippen LogP contribution in [-0.2, 0) is 0 Å². The summed E-state index contributed by atoms with van der Waals surface area (Å²) in [5.74, 6) is 0. The van der Waals surface area contributed by atoms with E-state index in [0.717, 1.165) is 18.5 Å². The molecule has 0 spiro atoms. The van der Waals surface area contributed by atoms with Crippen LogP contribution >= 0.6 is 0 Å². The van der Waals surface area contributed by atoms with Gasteiger partial charge in [0.15, 0.2) is 0 Å². The minimum absolute atomic E-state index is 0.323. The first-order valence-electron chi connectivity index (χ1n) is 6.24. The Kier molecular flexibility index (Phi) is 3.97. The summed E-state index contributed by atoms with van der Waals surface area (Å²) in [4.78, 5) is 0. The van der Waals surface area contributed by atoms with Crippen molar-refractivity contribution in [3.8, 4) is 0 Å². The van der Waals surface area contributed by atoms with E-state index >= 15 is 0 Å². The molecule has 0 bridgehead atoms. The quantitative estimate of drug-likeness (QED) is 0.819. The lowest BCUT2D eigenvalue weighted by molar-refractivity contribution is 0.144. The molecule has 1 aromatic rings. The second-order valence-electron chi connectivity index (χ2n) is 4.81. The normalized spacial score (nSPS) is 23.0.